The third-order valence-corrected chi connectivity index (χ3v) is 10.3. The lowest BCUT2D eigenvalue weighted by Crippen LogP contribution is -2.28. The fraction of sp³-hybridized carbons (Fsp3) is 0.520. The van der Waals surface area contributed by atoms with Crippen LogP contribution in [0.15, 0.2) is 48.5 Å². The molecule has 0 N–H and O–H groups in total. The highest BCUT2D eigenvalue weighted by Gasteiger charge is 2.50. The van der Waals surface area contributed by atoms with E-state index in [4.69, 9.17) is 0 Å². The minimum absolute atomic E-state index is 0.0857. The maximum atomic E-state index is 2.48. The quantitative estimate of drug-likeness (QED) is 0.459. The third-order valence-electron chi connectivity index (χ3n) is 6.65. The molecule has 0 saturated carbocycles. The van der Waals surface area contributed by atoms with Gasteiger partial charge in [-0.1, -0.05) is 98.0 Å². The van der Waals surface area contributed by atoms with Crippen LogP contribution in [0.3, 0.4) is 0 Å². The normalized spacial score (nSPS) is 28.1. The van der Waals surface area contributed by atoms with E-state index >= 15 is 0 Å². The second kappa shape index (κ2) is 6.20. The summed E-state index contributed by atoms with van der Waals surface area (Å²) < 4.78 is 0. The molecule has 1 aliphatic carbocycles. The van der Waals surface area contributed by atoms with Gasteiger partial charge in [-0.25, -0.2) is 0 Å². The van der Waals surface area contributed by atoms with Gasteiger partial charge in [0.25, 0.3) is 0 Å². The van der Waals surface area contributed by atoms with Gasteiger partial charge in [0.2, 0.25) is 0 Å². The molecule has 2 aromatic carbocycles. The number of benzene rings is 2. The van der Waals surface area contributed by atoms with Crippen molar-refractivity contribution in [2.45, 2.75) is 70.9 Å². The highest BCUT2D eigenvalue weighted by atomic mass is 31.1. The minimum Gasteiger partial charge on any atom is -0.0883 e. The Morgan fingerprint density at radius 1 is 0.769 bits per heavy atom. The fourth-order valence-electron chi connectivity index (χ4n) is 5.32. The Kier molecular flexibility index (Phi) is 4.35. The van der Waals surface area contributed by atoms with Gasteiger partial charge in [0.05, 0.1) is 0 Å². The van der Waals surface area contributed by atoms with Gasteiger partial charge in [0.15, 0.2) is 0 Å². The molecule has 0 aromatic heterocycles. The van der Waals surface area contributed by atoms with Crippen LogP contribution in [0.5, 0.6) is 0 Å². The molecular weight excluding hydrogens is 331 g/mol. The molecule has 138 valence electrons. The molecule has 4 atom stereocenters. The summed E-state index contributed by atoms with van der Waals surface area (Å²) in [7, 11) is -0.0857. The standard InChI is InChI=1S/C25H33P/c1-24(2,3)21-15-17-11-7-9-13-19(17)22(21)23-20-14-10-8-12-18(20)16-26(23)25(4,5)6/h7-14,21-23H,15-16H2,1-6H3/t21-,22-,23+,26+/m0/s1. The zero-order chi connectivity index (χ0) is 18.7. The Bertz CT molecular complexity index is 736. The van der Waals surface area contributed by atoms with E-state index in [1.807, 2.05) is 0 Å². The highest BCUT2D eigenvalue weighted by Crippen LogP contribution is 2.74. The summed E-state index contributed by atoms with van der Waals surface area (Å²) >= 11 is 0. The molecule has 0 fully saturated rings. The van der Waals surface area contributed by atoms with E-state index in [1.165, 1.54) is 12.6 Å². The summed E-state index contributed by atoms with van der Waals surface area (Å²) in [6, 6.07) is 18.6. The maximum absolute atomic E-state index is 2.48. The van der Waals surface area contributed by atoms with E-state index in [0.29, 0.717) is 22.1 Å². The summed E-state index contributed by atoms with van der Waals surface area (Å²) in [5.74, 6) is 1.39. The molecule has 0 nitrogen and oxygen atoms in total. The summed E-state index contributed by atoms with van der Waals surface area (Å²) in [4.78, 5) is 0. The second-order valence-corrected chi connectivity index (χ2v) is 13.5. The lowest BCUT2D eigenvalue weighted by Gasteiger charge is -2.42. The Morgan fingerprint density at radius 2 is 1.35 bits per heavy atom. The zero-order valence-corrected chi connectivity index (χ0v) is 18.1. The number of rotatable bonds is 1. The third kappa shape index (κ3) is 2.95. The van der Waals surface area contributed by atoms with E-state index in [-0.39, 0.29) is 7.92 Å². The molecule has 0 spiro atoms. The van der Waals surface area contributed by atoms with Gasteiger partial charge in [-0.3, -0.25) is 0 Å². The van der Waals surface area contributed by atoms with Crippen LogP contribution in [-0.2, 0) is 12.6 Å². The Hall–Kier alpha value is -1.13. The van der Waals surface area contributed by atoms with Gasteiger partial charge in [0, 0.05) is 5.66 Å². The minimum atomic E-state index is -0.0857. The molecule has 2 aliphatic rings. The summed E-state index contributed by atoms with van der Waals surface area (Å²) in [5.41, 5.74) is 7.56. The van der Waals surface area contributed by atoms with Crippen molar-refractivity contribution in [1.82, 2.24) is 0 Å². The van der Waals surface area contributed by atoms with Crippen molar-refractivity contribution >= 4 is 7.92 Å². The lowest BCUT2D eigenvalue weighted by atomic mass is 9.71. The van der Waals surface area contributed by atoms with Crippen LogP contribution < -0.4 is 0 Å². The first-order valence-electron chi connectivity index (χ1n) is 10.1. The molecule has 0 saturated heterocycles. The average molecular weight is 365 g/mol. The van der Waals surface area contributed by atoms with Crippen molar-refractivity contribution in [3.8, 4) is 0 Å². The Labute approximate surface area is 161 Å². The number of fused-ring (bicyclic) bond motifs is 2. The maximum Gasteiger partial charge on any atom is 0.0124 e. The zero-order valence-electron chi connectivity index (χ0n) is 17.2. The van der Waals surface area contributed by atoms with Gasteiger partial charge in [-0.15, -0.1) is 0 Å². The SMILES string of the molecule is CC(C)(C)[C@H]1Cc2ccccc2[C@@H]1[C@H]1c2ccccc2C[P@@]1C(C)(C)C. The van der Waals surface area contributed by atoms with E-state index < -0.39 is 0 Å². The molecule has 0 unspecified atom stereocenters. The summed E-state index contributed by atoms with van der Waals surface area (Å²) in [5, 5.41) is 0.388. The van der Waals surface area contributed by atoms with E-state index in [0.717, 1.165) is 5.92 Å². The first-order chi connectivity index (χ1) is 12.2. The highest BCUT2D eigenvalue weighted by molar-refractivity contribution is 7.59. The molecule has 0 radical (unpaired) electrons. The van der Waals surface area contributed by atoms with Crippen molar-refractivity contribution in [3.63, 3.8) is 0 Å². The predicted octanol–water partition coefficient (Wildman–Crippen LogP) is 7.52. The van der Waals surface area contributed by atoms with Crippen LogP contribution in [0, 0.1) is 11.3 Å². The van der Waals surface area contributed by atoms with Gasteiger partial charge in [0.1, 0.15) is 0 Å². The summed E-state index contributed by atoms with van der Waals surface area (Å²) in [6.45, 7) is 14.8. The van der Waals surface area contributed by atoms with Gasteiger partial charge < -0.3 is 0 Å². The predicted molar refractivity (Wildman–Crippen MR) is 115 cm³/mol. The first-order valence-corrected chi connectivity index (χ1v) is 11.7. The van der Waals surface area contributed by atoms with Crippen molar-refractivity contribution in [1.29, 1.82) is 0 Å². The van der Waals surface area contributed by atoms with Crippen LogP contribution in [0.1, 0.15) is 75.4 Å². The molecule has 0 bridgehead atoms. The monoisotopic (exact) mass is 364 g/mol. The van der Waals surface area contributed by atoms with Crippen molar-refractivity contribution in [2.24, 2.45) is 11.3 Å². The van der Waals surface area contributed by atoms with E-state index in [9.17, 15) is 0 Å². The van der Waals surface area contributed by atoms with Crippen LogP contribution in [0.2, 0.25) is 0 Å². The van der Waals surface area contributed by atoms with Crippen molar-refractivity contribution in [3.05, 3.63) is 70.8 Å². The van der Waals surface area contributed by atoms with Gasteiger partial charge in [-0.2, -0.15) is 0 Å². The lowest BCUT2D eigenvalue weighted by molar-refractivity contribution is 0.211. The topological polar surface area (TPSA) is 0 Å². The van der Waals surface area contributed by atoms with Gasteiger partial charge in [-0.05, 0) is 57.2 Å². The average Bonchev–Trinajstić information content (AvgIpc) is 3.12. The second-order valence-electron chi connectivity index (χ2n) is 10.3. The molecule has 4 rings (SSSR count). The number of hydrogen-bond donors (Lipinski definition) is 0. The molecule has 0 amide bonds. The van der Waals surface area contributed by atoms with Crippen LogP contribution >= 0.6 is 7.92 Å². The molecule has 2 aromatic rings. The molecule has 1 heterocycles. The Morgan fingerprint density at radius 3 is 1.96 bits per heavy atom. The van der Waals surface area contributed by atoms with E-state index in [2.05, 4.69) is 90.1 Å². The summed E-state index contributed by atoms with van der Waals surface area (Å²) in [6.07, 6.45) is 2.55. The first kappa shape index (κ1) is 18.2. The number of hydrogen-bond acceptors (Lipinski definition) is 0. The van der Waals surface area contributed by atoms with Crippen LogP contribution in [0.25, 0.3) is 0 Å². The largest absolute Gasteiger partial charge is 0.0883 e. The van der Waals surface area contributed by atoms with Crippen molar-refractivity contribution < 1.29 is 0 Å². The smallest absolute Gasteiger partial charge is 0.0124 e. The van der Waals surface area contributed by atoms with Crippen molar-refractivity contribution in [2.75, 3.05) is 0 Å². The van der Waals surface area contributed by atoms with Crippen LogP contribution in [0.4, 0.5) is 0 Å². The fourth-order valence-corrected chi connectivity index (χ4v) is 8.82. The van der Waals surface area contributed by atoms with E-state index in [1.54, 1.807) is 22.3 Å². The van der Waals surface area contributed by atoms with Gasteiger partial charge >= 0.3 is 0 Å². The molecule has 1 heteroatoms. The molecule has 1 aliphatic heterocycles. The Balaban J connectivity index is 1.89. The molecular formula is C25H33P. The van der Waals surface area contributed by atoms with Crippen LogP contribution in [-0.4, -0.2) is 5.16 Å². The molecule has 26 heavy (non-hydrogen) atoms.